The van der Waals surface area contributed by atoms with Crippen LogP contribution in [-0.4, -0.2) is 16.6 Å². The summed E-state index contributed by atoms with van der Waals surface area (Å²) in [5, 5.41) is 10.7. The van der Waals surface area contributed by atoms with Gasteiger partial charge in [-0.1, -0.05) is 55.8 Å². The SMILES string of the molecule is CCCCc1ccc(Nc2cn[nH]c2-c2ccccc2)cc1.NC=O. The number of benzene rings is 2. The molecule has 3 rings (SSSR count). The summed E-state index contributed by atoms with van der Waals surface area (Å²) < 4.78 is 0. The summed E-state index contributed by atoms with van der Waals surface area (Å²) in [7, 11) is 0. The quantitative estimate of drug-likeness (QED) is 0.588. The summed E-state index contributed by atoms with van der Waals surface area (Å²) in [5.74, 6) is 0. The Kier molecular flexibility index (Phi) is 7.25. The molecular weight excluding hydrogens is 312 g/mol. The highest BCUT2D eigenvalue weighted by Gasteiger charge is 2.07. The molecule has 5 nitrogen and oxygen atoms in total. The Morgan fingerprint density at radius 1 is 1.12 bits per heavy atom. The highest BCUT2D eigenvalue weighted by molar-refractivity contribution is 5.77. The van der Waals surface area contributed by atoms with Gasteiger partial charge in [0, 0.05) is 11.3 Å². The first-order valence-corrected chi connectivity index (χ1v) is 8.38. The van der Waals surface area contributed by atoms with E-state index in [0.29, 0.717) is 0 Å². The predicted octanol–water partition coefficient (Wildman–Crippen LogP) is 4.26. The zero-order valence-electron chi connectivity index (χ0n) is 14.4. The number of primary amides is 1. The number of aromatic nitrogens is 2. The molecule has 130 valence electrons. The van der Waals surface area contributed by atoms with Crippen molar-refractivity contribution in [3.8, 4) is 11.3 Å². The number of anilines is 2. The second kappa shape index (κ2) is 9.93. The van der Waals surface area contributed by atoms with Gasteiger partial charge in [-0.05, 0) is 30.5 Å². The van der Waals surface area contributed by atoms with Gasteiger partial charge in [0.15, 0.2) is 0 Å². The number of carbonyl (C=O) groups is 1. The molecule has 0 radical (unpaired) electrons. The van der Waals surface area contributed by atoms with Crippen LogP contribution in [0, 0.1) is 0 Å². The number of hydrogen-bond donors (Lipinski definition) is 3. The number of nitrogens with two attached hydrogens (primary N) is 1. The molecule has 0 saturated heterocycles. The third kappa shape index (κ3) is 5.49. The van der Waals surface area contributed by atoms with Crippen molar-refractivity contribution < 1.29 is 4.79 Å². The lowest BCUT2D eigenvalue weighted by Crippen LogP contribution is -1.92. The van der Waals surface area contributed by atoms with E-state index in [0.717, 1.165) is 29.1 Å². The Balaban J connectivity index is 0.000000701. The van der Waals surface area contributed by atoms with E-state index in [1.165, 1.54) is 18.4 Å². The topological polar surface area (TPSA) is 83.8 Å². The second-order valence-corrected chi connectivity index (χ2v) is 5.59. The lowest BCUT2D eigenvalue weighted by Gasteiger charge is -2.08. The largest absolute Gasteiger partial charge is 0.372 e. The molecule has 0 saturated carbocycles. The molecule has 4 N–H and O–H groups in total. The Labute approximate surface area is 148 Å². The van der Waals surface area contributed by atoms with Crippen molar-refractivity contribution in [3.05, 3.63) is 66.4 Å². The van der Waals surface area contributed by atoms with Gasteiger partial charge in [-0.2, -0.15) is 5.10 Å². The summed E-state index contributed by atoms with van der Waals surface area (Å²) in [6, 6.07) is 18.9. The maximum atomic E-state index is 8.58. The average Bonchev–Trinajstić information content (AvgIpc) is 3.11. The normalized spacial score (nSPS) is 9.80. The molecule has 3 aromatic rings. The van der Waals surface area contributed by atoms with Gasteiger partial charge in [0.1, 0.15) is 0 Å². The van der Waals surface area contributed by atoms with Gasteiger partial charge < -0.3 is 11.1 Å². The van der Waals surface area contributed by atoms with Crippen molar-refractivity contribution in [1.29, 1.82) is 0 Å². The van der Waals surface area contributed by atoms with Crippen LogP contribution in [0.4, 0.5) is 11.4 Å². The zero-order valence-corrected chi connectivity index (χ0v) is 14.4. The lowest BCUT2D eigenvalue weighted by atomic mass is 10.1. The average molecular weight is 336 g/mol. The molecule has 0 aliphatic rings. The fourth-order valence-electron chi connectivity index (χ4n) is 2.50. The number of amides is 1. The summed E-state index contributed by atoms with van der Waals surface area (Å²) in [6.45, 7) is 2.22. The molecule has 0 bridgehead atoms. The number of aromatic amines is 1. The number of aryl methyl sites for hydroxylation is 1. The highest BCUT2D eigenvalue weighted by atomic mass is 16.1. The van der Waals surface area contributed by atoms with Crippen LogP contribution in [0.2, 0.25) is 0 Å². The fourth-order valence-corrected chi connectivity index (χ4v) is 2.50. The van der Waals surface area contributed by atoms with Crippen LogP contribution in [0.3, 0.4) is 0 Å². The van der Waals surface area contributed by atoms with Gasteiger partial charge >= 0.3 is 0 Å². The summed E-state index contributed by atoms with van der Waals surface area (Å²) >= 11 is 0. The van der Waals surface area contributed by atoms with Crippen LogP contribution in [0.15, 0.2) is 60.8 Å². The van der Waals surface area contributed by atoms with Crippen molar-refractivity contribution in [1.82, 2.24) is 10.2 Å². The van der Waals surface area contributed by atoms with Crippen LogP contribution in [0.25, 0.3) is 11.3 Å². The molecule has 0 aliphatic carbocycles. The smallest absolute Gasteiger partial charge is 0.204 e. The Morgan fingerprint density at radius 3 is 2.44 bits per heavy atom. The van der Waals surface area contributed by atoms with Crippen molar-refractivity contribution in [2.45, 2.75) is 26.2 Å². The van der Waals surface area contributed by atoms with E-state index in [9.17, 15) is 0 Å². The molecule has 1 aromatic heterocycles. The van der Waals surface area contributed by atoms with Crippen LogP contribution >= 0.6 is 0 Å². The molecular formula is C20H24N4O. The molecule has 1 heterocycles. The van der Waals surface area contributed by atoms with Crippen LogP contribution in [0.5, 0.6) is 0 Å². The first-order valence-electron chi connectivity index (χ1n) is 8.38. The Bertz CT molecular complexity index is 751. The monoisotopic (exact) mass is 336 g/mol. The Morgan fingerprint density at radius 2 is 1.80 bits per heavy atom. The Hall–Kier alpha value is -3.08. The van der Waals surface area contributed by atoms with Crippen LogP contribution in [-0.2, 0) is 11.2 Å². The summed E-state index contributed by atoms with van der Waals surface area (Å²) in [6.07, 6.45) is 5.70. The standard InChI is InChI=1S/C19H21N3.CH3NO/c1-2-3-7-15-10-12-17(13-11-15)21-18-14-20-22-19(18)16-8-5-4-6-9-16;2-1-3/h4-6,8-14,21H,2-3,7H2,1H3,(H,20,22);1H,(H2,2,3). The maximum Gasteiger partial charge on any atom is 0.204 e. The van der Waals surface area contributed by atoms with Crippen molar-refractivity contribution in [3.63, 3.8) is 0 Å². The van der Waals surface area contributed by atoms with E-state index in [1.54, 1.807) is 0 Å². The molecule has 0 spiro atoms. The molecule has 2 aromatic carbocycles. The van der Waals surface area contributed by atoms with Gasteiger partial charge in [0.25, 0.3) is 0 Å². The number of rotatable bonds is 6. The maximum absolute atomic E-state index is 8.58. The van der Waals surface area contributed by atoms with Crippen molar-refractivity contribution in [2.24, 2.45) is 5.73 Å². The molecule has 1 amide bonds. The molecule has 0 aliphatic heterocycles. The number of unbranched alkanes of at least 4 members (excludes halogenated alkanes) is 1. The lowest BCUT2D eigenvalue weighted by molar-refractivity contribution is -0.106. The number of hydrogen-bond acceptors (Lipinski definition) is 3. The van der Waals surface area contributed by atoms with E-state index in [1.807, 2.05) is 24.4 Å². The van der Waals surface area contributed by atoms with E-state index in [-0.39, 0.29) is 6.41 Å². The first-order chi connectivity index (χ1) is 12.3. The third-order valence-electron chi connectivity index (χ3n) is 3.75. The number of nitrogens with one attached hydrogen (secondary N) is 2. The number of H-pyrrole nitrogens is 1. The van der Waals surface area contributed by atoms with Gasteiger partial charge in [0.2, 0.25) is 6.41 Å². The number of nitrogens with zero attached hydrogens (tertiary/aromatic N) is 1. The van der Waals surface area contributed by atoms with Crippen LogP contribution < -0.4 is 11.1 Å². The third-order valence-corrected chi connectivity index (χ3v) is 3.75. The first kappa shape index (κ1) is 18.3. The van der Waals surface area contributed by atoms with Crippen molar-refractivity contribution >= 4 is 17.8 Å². The van der Waals surface area contributed by atoms with Crippen LogP contribution in [0.1, 0.15) is 25.3 Å². The van der Waals surface area contributed by atoms with Gasteiger partial charge in [0.05, 0.1) is 17.6 Å². The van der Waals surface area contributed by atoms with Gasteiger partial charge in [-0.25, -0.2) is 0 Å². The van der Waals surface area contributed by atoms with E-state index in [4.69, 9.17) is 4.79 Å². The molecule has 5 heteroatoms. The molecule has 25 heavy (non-hydrogen) atoms. The van der Waals surface area contributed by atoms with Gasteiger partial charge in [-0.3, -0.25) is 9.89 Å². The fraction of sp³-hybridized carbons (Fsp3) is 0.200. The van der Waals surface area contributed by atoms with E-state index >= 15 is 0 Å². The minimum atomic E-state index is 0.250. The second-order valence-electron chi connectivity index (χ2n) is 5.59. The molecule has 0 unspecified atom stereocenters. The predicted molar refractivity (Wildman–Crippen MR) is 103 cm³/mol. The van der Waals surface area contributed by atoms with Gasteiger partial charge in [-0.15, -0.1) is 0 Å². The zero-order chi connectivity index (χ0) is 17.9. The molecule has 0 atom stereocenters. The minimum Gasteiger partial charge on any atom is -0.372 e. The number of carbonyl (C=O) groups excluding carboxylic acids is 1. The summed E-state index contributed by atoms with van der Waals surface area (Å²) in [5.41, 5.74) is 9.77. The summed E-state index contributed by atoms with van der Waals surface area (Å²) in [4.78, 5) is 8.58. The van der Waals surface area contributed by atoms with Crippen molar-refractivity contribution in [2.75, 3.05) is 5.32 Å². The van der Waals surface area contributed by atoms with E-state index in [2.05, 4.69) is 64.6 Å². The highest BCUT2D eigenvalue weighted by Crippen LogP contribution is 2.27. The molecule has 0 fully saturated rings. The minimum absolute atomic E-state index is 0.250. The van der Waals surface area contributed by atoms with E-state index < -0.39 is 0 Å².